The van der Waals surface area contributed by atoms with Crippen molar-refractivity contribution in [3.05, 3.63) is 35.3 Å². The molecule has 0 atom stereocenters. The fourth-order valence-corrected chi connectivity index (χ4v) is 1.01. The smallest absolute Gasteiger partial charge is 0.139 e. The van der Waals surface area contributed by atoms with Crippen LogP contribution in [-0.4, -0.2) is 16.4 Å². The quantitative estimate of drug-likeness (QED) is 0.746. The van der Waals surface area contributed by atoms with Gasteiger partial charge in [0.1, 0.15) is 5.76 Å². The van der Waals surface area contributed by atoms with Crippen LogP contribution in [0.25, 0.3) is 0 Å². The normalized spacial score (nSPS) is 16.8. The highest BCUT2D eigenvalue weighted by Crippen LogP contribution is 2.18. The van der Waals surface area contributed by atoms with E-state index in [9.17, 15) is 0 Å². The maximum Gasteiger partial charge on any atom is 0.139 e. The van der Waals surface area contributed by atoms with E-state index in [1.54, 1.807) is 12.2 Å². The minimum Gasteiger partial charge on any atom is -0.489 e. The molecule has 1 aliphatic rings. The fourth-order valence-electron chi connectivity index (χ4n) is 0.847. The SMILES string of the molecule is CC(C)OC1=C(Cl)C=CN(O)C=C1. The number of hydroxylamine groups is 2. The minimum absolute atomic E-state index is 0.0621. The summed E-state index contributed by atoms with van der Waals surface area (Å²) in [6.45, 7) is 3.83. The Morgan fingerprint density at radius 3 is 2.62 bits per heavy atom. The predicted molar refractivity (Wildman–Crippen MR) is 51.0 cm³/mol. The van der Waals surface area contributed by atoms with Gasteiger partial charge in [0.25, 0.3) is 0 Å². The molecular formula is C9H12ClNO2. The molecule has 0 spiro atoms. The Labute approximate surface area is 82.5 Å². The van der Waals surface area contributed by atoms with Crippen molar-refractivity contribution >= 4 is 11.6 Å². The van der Waals surface area contributed by atoms with E-state index in [1.807, 2.05) is 13.8 Å². The van der Waals surface area contributed by atoms with Crippen molar-refractivity contribution in [2.75, 3.05) is 0 Å². The van der Waals surface area contributed by atoms with Gasteiger partial charge in [-0.05, 0) is 19.9 Å². The molecule has 0 aromatic heterocycles. The second-order valence-electron chi connectivity index (χ2n) is 2.89. The lowest BCUT2D eigenvalue weighted by Crippen LogP contribution is -2.02. The predicted octanol–water partition coefficient (Wildman–Crippen LogP) is 2.59. The molecule has 4 heteroatoms. The highest BCUT2D eigenvalue weighted by Gasteiger charge is 2.06. The number of hydrogen-bond donors (Lipinski definition) is 1. The molecule has 1 aliphatic heterocycles. The van der Waals surface area contributed by atoms with Crippen LogP contribution in [0.4, 0.5) is 0 Å². The summed E-state index contributed by atoms with van der Waals surface area (Å²) in [5.41, 5.74) is 0. The summed E-state index contributed by atoms with van der Waals surface area (Å²) in [5, 5.41) is 10.5. The van der Waals surface area contributed by atoms with E-state index in [-0.39, 0.29) is 6.10 Å². The van der Waals surface area contributed by atoms with Gasteiger partial charge < -0.3 is 4.74 Å². The van der Waals surface area contributed by atoms with Crippen molar-refractivity contribution in [1.82, 2.24) is 5.06 Å². The lowest BCUT2D eigenvalue weighted by molar-refractivity contribution is 0.0113. The molecule has 0 radical (unpaired) electrons. The van der Waals surface area contributed by atoms with Crippen LogP contribution in [0.5, 0.6) is 0 Å². The van der Waals surface area contributed by atoms with Gasteiger partial charge in [-0.1, -0.05) is 11.6 Å². The molecule has 3 nitrogen and oxygen atoms in total. The first-order valence-electron chi connectivity index (χ1n) is 3.99. The molecule has 0 aromatic carbocycles. The van der Waals surface area contributed by atoms with Gasteiger partial charge in [0.15, 0.2) is 0 Å². The molecule has 0 fully saturated rings. The maximum absolute atomic E-state index is 9.08. The van der Waals surface area contributed by atoms with Crippen LogP contribution in [0.15, 0.2) is 35.3 Å². The van der Waals surface area contributed by atoms with E-state index >= 15 is 0 Å². The van der Waals surface area contributed by atoms with Crippen LogP contribution in [0.3, 0.4) is 0 Å². The van der Waals surface area contributed by atoms with Crippen molar-refractivity contribution in [2.45, 2.75) is 20.0 Å². The Kier molecular flexibility index (Phi) is 3.39. The average molecular weight is 202 g/mol. The number of nitrogens with zero attached hydrogens (tertiary/aromatic N) is 1. The molecule has 0 aromatic rings. The molecule has 13 heavy (non-hydrogen) atoms. The van der Waals surface area contributed by atoms with Crippen molar-refractivity contribution in [2.24, 2.45) is 0 Å². The summed E-state index contributed by atoms with van der Waals surface area (Å²) in [7, 11) is 0. The lowest BCUT2D eigenvalue weighted by atomic mass is 10.4. The molecule has 0 saturated carbocycles. The maximum atomic E-state index is 9.08. The molecule has 1 N–H and O–H groups in total. The van der Waals surface area contributed by atoms with Crippen LogP contribution in [0.1, 0.15) is 13.8 Å². The summed E-state index contributed by atoms with van der Waals surface area (Å²) in [6.07, 6.45) is 6.15. The lowest BCUT2D eigenvalue weighted by Gasteiger charge is -2.10. The van der Waals surface area contributed by atoms with Crippen molar-refractivity contribution in [1.29, 1.82) is 0 Å². The van der Waals surface area contributed by atoms with Gasteiger partial charge in [-0.2, -0.15) is 0 Å². The zero-order chi connectivity index (χ0) is 9.84. The van der Waals surface area contributed by atoms with Gasteiger partial charge in [0.2, 0.25) is 0 Å². The van der Waals surface area contributed by atoms with Crippen molar-refractivity contribution in [3.8, 4) is 0 Å². The summed E-state index contributed by atoms with van der Waals surface area (Å²) in [6, 6.07) is 0. The fraction of sp³-hybridized carbons (Fsp3) is 0.333. The third-order valence-corrected chi connectivity index (χ3v) is 1.66. The van der Waals surface area contributed by atoms with Gasteiger partial charge in [0, 0.05) is 18.5 Å². The molecular weight excluding hydrogens is 190 g/mol. The minimum atomic E-state index is 0.0621. The summed E-state index contributed by atoms with van der Waals surface area (Å²) < 4.78 is 5.40. The van der Waals surface area contributed by atoms with Gasteiger partial charge in [-0.15, -0.1) is 0 Å². The molecule has 0 saturated heterocycles. The van der Waals surface area contributed by atoms with Gasteiger partial charge in [-0.25, -0.2) is 5.06 Å². The molecule has 0 amide bonds. The third kappa shape index (κ3) is 3.13. The average Bonchev–Trinajstić information content (AvgIpc) is 2.19. The Balaban J connectivity index is 2.81. The Morgan fingerprint density at radius 1 is 1.38 bits per heavy atom. The molecule has 0 bridgehead atoms. The Morgan fingerprint density at radius 2 is 2.00 bits per heavy atom. The first kappa shape index (κ1) is 10.2. The van der Waals surface area contributed by atoms with Crippen molar-refractivity contribution < 1.29 is 9.94 Å². The van der Waals surface area contributed by atoms with Crippen LogP contribution in [0.2, 0.25) is 0 Å². The van der Waals surface area contributed by atoms with Crippen LogP contribution in [0, 0.1) is 0 Å². The van der Waals surface area contributed by atoms with Crippen LogP contribution < -0.4 is 0 Å². The number of hydrogen-bond acceptors (Lipinski definition) is 3. The second kappa shape index (κ2) is 4.35. The highest BCUT2D eigenvalue weighted by atomic mass is 35.5. The molecule has 0 unspecified atom stereocenters. The molecule has 1 heterocycles. The zero-order valence-electron chi connectivity index (χ0n) is 7.57. The highest BCUT2D eigenvalue weighted by molar-refractivity contribution is 6.31. The summed E-state index contributed by atoms with van der Waals surface area (Å²) in [5.74, 6) is 0.560. The van der Waals surface area contributed by atoms with Gasteiger partial charge >= 0.3 is 0 Å². The zero-order valence-corrected chi connectivity index (χ0v) is 8.32. The standard InChI is InChI=1S/C9H12ClNO2/c1-7(2)13-9-4-6-11(12)5-3-8(9)10/h3-7,12H,1-2H3. The largest absolute Gasteiger partial charge is 0.489 e. The van der Waals surface area contributed by atoms with E-state index in [2.05, 4.69) is 0 Å². The van der Waals surface area contributed by atoms with E-state index in [0.29, 0.717) is 10.8 Å². The van der Waals surface area contributed by atoms with E-state index in [4.69, 9.17) is 21.5 Å². The number of rotatable bonds is 2. The Bertz CT molecular complexity index is 269. The topological polar surface area (TPSA) is 32.7 Å². The Hall–Kier alpha value is -0.930. The summed E-state index contributed by atoms with van der Waals surface area (Å²) >= 11 is 5.88. The molecule has 1 rings (SSSR count). The number of ether oxygens (including phenoxy) is 1. The first-order chi connectivity index (χ1) is 6.09. The van der Waals surface area contributed by atoms with Gasteiger partial charge in [-0.3, -0.25) is 5.21 Å². The molecule has 72 valence electrons. The van der Waals surface area contributed by atoms with Crippen LogP contribution >= 0.6 is 11.6 Å². The van der Waals surface area contributed by atoms with E-state index in [1.165, 1.54) is 12.4 Å². The van der Waals surface area contributed by atoms with E-state index in [0.717, 1.165) is 5.06 Å². The first-order valence-corrected chi connectivity index (χ1v) is 4.37. The summed E-state index contributed by atoms with van der Waals surface area (Å²) in [4.78, 5) is 0. The van der Waals surface area contributed by atoms with Gasteiger partial charge in [0.05, 0.1) is 11.1 Å². The van der Waals surface area contributed by atoms with Crippen LogP contribution in [-0.2, 0) is 4.74 Å². The third-order valence-electron chi connectivity index (χ3n) is 1.35. The van der Waals surface area contributed by atoms with Crippen molar-refractivity contribution in [3.63, 3.8) is 0 Å². The second-order valence-corrected chi connectivity index (χ2v) is 3.30. The number of halogens is 1. The molecule has 0 aliphatic carbocycles. The monoisotopic (exact) mass is 201 g/mol. The van der Waals surface area contributed by atoms with E-state index < -0.39 is 0 Å². The number of allylic oxidation sites excluding steroid dienone is 3.